The van der Waals surface area contributed by atoms with Gasteiger partial charge in [0.2, 0.25) is 0 Å². The number of aryl methyl sites for hydroxylation is 1. The maximum absolute atomic E-state index is 11.3. The van der Waals surface area contributed by atoms with Crippen LogP contribution in [0.4, 0.5) is 0 Å². The SMILES string of the molecule is C[C@H]1CN([C@@H]2CCNC2C2CC2)CC[C@@]12CCc1ccccc12.O=C(O)CNC(=O)c1ccc(Cl)c(Cl)c1. The topological polar surface area (TPSA) is 81.7 Å². The maximum atomic E-state index is 11.3. The number of nitrogens with zero attached hydrogens (tertiary/aromatic N) is 1. The van der Waals surface area contributed by atoms with Gasteiger partial charge >= 0.3 is 5.97 Å². The molecule has 1 saturated carbocycles. The minimum absolute atomic E-state index is 0.250. The highest BCUT2D eigenvalue weighted by molar-refractivity contribution is 6.42. The fourth-order valence-electron chi connectivity index (χ4n) is 6.95. The van der Waals surface area contributed by atoms with Gasteiger partial charge in [-0.2, -0.15) is 0 Å². The van der Waals surface area contributed by atoms with Crippen molar-refractivity contribution in [3.8, 4) is 0 Å². The van der Waals surface area contributed by atoms with Crippen LogP contribution in [-0.4, -0.2) is 60.1 Å². The van der Waals surface area contributed by atoms with Gasteiger partial charge in [-0.05, 0) is 92.8 Å². The highest BCUT2D eigenvalue weighted by atomic mass is 35.5. The number of carbonyl (C=O) groups is 2. The summed E-state index contributed by atoms with van der Waals surface area (Å²) in [5.74, 6) is 0.167. The Labute approximate surface area is 235 Å². The zero-order valence-electron chi connectivity index (χ0n) is 21.9. The van der Waals surface area contributed by atoms with E-state index < -0.39 is 18.4 Å². The van der Waals surface area contributed by atoms with E-state index in [9.17, 15) is 9.59 Å². The smallest absolute Gasteiger partial charge is 0.322 e. The summed E-state index contributed by atoms with van der Waals surface area (Å²) in [6.07, 6.45) is 8.37. The molecular weight excluding hydrogens is 521 g/mol. The first kappa shape index (κ1) is 27.4. The highest BCUT2D eigenvalue weighted by Crippen LogP contribution is 2.50. The van der Waals surface area contributed by atoms with Gasteiger partial charge in [0.1, 0.15) is 6.54 Å². The summed E-state index contributed by atoms with van der Waals surface area (Å²) in [6, 6.07) is 15.2. The van der Waals surface area contributed by atoms with Crippen LogP contribution in [0.25, 0.3) is 0 Å². The van der Waals surface area contributed by atoms with Crippen LogP contribution in [0.3, 0.4) is 0 Å². The van der Waals surface area contributed by atoms with Crippen LogP contribution in [0.15, 0.2) is 42.5 Å². The van der Waals surface area contributed by atoms with Gasteiger partial charge < -0.3 is 15.7 Å². The van der Waals surface area contributed by atoms with Gasteiger partial charge in [-0.25, -0.2) is 0 Å². The van der Waals surface area contributed by atoms with Crippen molar-refractivity contribution in [2.75, 3.05) is 26.2 Å². The van der Waals surface area contributed by atoms with Gasteiger partial charge in [-0.15, -0.1) is 0 Å². The van der Waals surface area contributed by atoms with E-state index in [2.05, 4.69) is 46.7 Å². The van der Waals surface area contributed by atoms with E-state index in [4.69, 9.17) is 28.3 Å². The average Bonchev–Trinajstić information content (AvgIpc) is 3.52. The van der Waals surface area contributed by atoms with E-state index in [0.717, 1.165) is 23.9 Å². The lowest BCUT2D eigenvalue weighted by Gasteiger charge is -2.48. The van der Waals surface area contributed by atoms with Crippen LogP contribution in [-0.2, 0) is 16.6 Å². The minimum atomic E-state index is -1.11. The summed E-state index contributed by atoms with van der Waals surface area (Å²) < 4.78 is 0. The molecule has 204 valence electrons. The maximum Gasteiger partial charge on any atom is 0.322 e. The standard InChI is InChI=1S/C21H30N2.C9H7Cl2NO3/c1-15-14-23(19-9-12-22-20(19)17-6-7-17)13-11-21(15)10-8-16-4-2-3-5-18(16)21;10-6-2-1-5(3-7(6)11)9(15)12-4-8(13)14/h2-5,15,17,19-20,22H,6-14H2,1H3;1-3H,4H2,(H,12,15)(H,13,14)/t15-,19+,20?,21-;/m0./s1. The lowest BCUT2D eigenvalue weighted by Crippen LogP contribution is -2.54. The Bertz CT molecular complexity index is 1190. The quantitative estimate of drug-likeness (QED) is 0.473. The number of likely N-dealkylation sites (tertiary alicyclic amines) is 1. The first-order valence-electron chi connectivity index (χ1n) is 13.8. The number of amides is 1. The summed E-state index contributed by atoms with van der Waals surface area (Å²) in [4.78, 5) is 24.4. The molecule has 8 heteroatoms. The lowest BCUT2D eigenvalue weighted by atomic mass is 9.67. The fraction of sp³-hybridized carbons (Fsp3) is 0.533. The molecule has 2 saturated heterocycles. The first-order valence-corrected chi connectivity index (χ1v) is 14.5. The van der Waals surface area contributed by atoms with Crippen molar-refractivity contribution in [3.05, 3.63) is 69.2 Å². The monoisotopic (exact) mass is 557 g/mol. The van der Waals surface area contributed by atoms with Crippen LogP contribution >= 0.6 is 23.2 Å². The van der Waals surface area contributed by atoms with Crippen molar-refractivity contribution in [2.45, 2.75) is 62.9 Å². The Kier molecular flexibility index (Phi) is 8.34. The Morgan fingerprint density at radius 1 is 1.11 bits per heavy atom. The number of piperidine rings is 1. The number of fused-ring (bicyclic) bond motifs is 2. The molecule has 0 aromatic heterocycles. The van der Waals surface area contributed by atoms with Gasteiger partial charge in [0.15, 0.2) is 0 Å². The van der Waals surface area contributed by atoms with Gasteiger partial charge in [0.05, 0.1) is 10.0 Å². The Balaban J connectivity index is 0.000000172. The van der Waals surface area contributed by atoms with Crippen LogP contribution in [0.1, 0.15) is 60.5 Å². The molecule has 1 unspecified atom stereocenters. The van der Waals surface area contributed by atoms with Crippen LogP contribution in [0, 0.1) is 11.8 Å². The summed E-state index contributed by atoms with van der Waals surface area (Å²) in [6.45, 7) is 5.96. The third kappa shape index (κ3) is 5.74. The zero-order chi connectivity index (χ0) is 26.9. The number of carboxylic acids is 1. The summed E-state index contributed by atoms with van der Waals surface area (Å²) in [5.41, 5.74) is 4.07. The number of halogens is 2. The van der Waals surface area contributed by atoms with E-state index >= 15 is 0 Å². The second kappa shape index (κ2) is 11.5. The lowest BCUT2D eigenvalue weighted by molar-refractivity contribution is -0.135. The highest BCUT2D eigenvalue weighted by Gasteiger charge is 2.49. The van der Waals surface area contributed by atoms with E-state index in [1.165, 1.54) is 76.4 Å². The number of hydrogen-bond donors (Lipinski definition) is 3. The van der Waals surface area contributed by atoms with Crippen molar-refractivity contribution >= 4 is 35.1 Å². The number of carbonyl (C=O) groups excluding carboxylic acids is 1. The largest absolute Gasteiger partial charge is 0.480 e. The van der Waals surface area contributed by atoms with Gasteiger partial charge in [0.25, 0.3) is 5.91 Å². The number of carboxylic acid groups (broad SMARTS) is 1. The Morgan fingerprint density at radius 3 is 2.61 bits per heavy atom. The van der Waals surface area contributed by atoms with Crippen molar-refractivity contribution in [1.29, 1.82) is 0 Å². The molecule has 6 rings (SSSR count). The second-order valence-electron chi connectivity index (χ2n) is 11.3. The Morgan fingerprint density at radius 2 is 1.89 bits per heavy atom. The van der Waals surface area contributed by atoms with Crippen LogP contribution < -0.4 is 10.6 Å². The summed E-state index contributed by atoms with van der Waals surface area (Å²) >= 11 is 11.3. The molecule has 2 aliphatic carbocycles. The van der Waals surface area contributed by atoms with Crippen molar-refractivity contribution in [3.63, 3.8) is 0 Å². The van der Waals surface area contributed by atoms with Gasteiger partial charge in [-0.1, -0.05) is 54.4 Å². The van der Waals surface area contributed by atoms with Crippen LogP contribution in [0.5, 0.6) is 0 Å². The molecule has 4 atom stereocenters. The number of aliphatic carboxylic acids is 1. The van der Waals surface area contributed by atoms with Gasteiger partial charge in [0, 0.05) is 29.6 Å². The molecule has 2 heterocycles. The molecule has 2 aromatic carbocycles. The molecule has 1 amide bonds. The van der Waals surface area contributed by atoms with E-state index in [0.29, 0.717) is 10.4 Å². The molecule has 4 aliphatic rings. The van der Waals surface area contributed by atoms with E-state index in [1.807, 2.05) is 0 Å². The molecular formula is C30H37Cl2N3O3. The molecule has 3 fully saturated rings. The molecule has 0 bridgehead atoms. The number of benzene rings is 2. The van der Waals surface area contributed by atoms with Gasteiger partial charge in [-0.3, -0.25) is 14.5 Å². The fourth-order valence-corrected chi connectivity index (χ4v) is 7.25. The van der Waals surface area contributed by atoms with Crippen molar-refractivity contribution in [1.82, 2.24) is 15.5 Å². The Hall–Kier alpha value is -2.12. The zero-order valence-corrected chi connectivity index (χ0v) is 23.4. The first-order chi connectivity index (χ1) is 18.3. The third-order valence-corrected chi connectivity index (χ3v) is 9.85. The van der Waals surface area contributed by atoms with Crippen molar-refractivity contribution in [2.24, 2.45) is 11.8 Å². The van der Waals surface area contributed by atoms with E-state index in [-0.39, 0.29) is 10.6 Å². The predicted molar refractivity (Wildman–Crippen MR) is 151 cm³/mol. The predicted octanol–water partition coefficient (Wildman–Crippen LogP) is 5.16. The number of rotatable bonds is 5. The molecule has 2 aromatic rings. The number of hydrogen-bond acceptors (Lipinski definition) is 4. The minimum Gasteiger partial charge on any atom is -0.480 e. The third-order valence-electron chi connectivity index (χ3n) is 9.11. The molecule has 3 N–H and O–H groups in total. The summed E-state index contributed by atoms with van der Waals surface area (Å²) in [7, 11) is 0. The molecule has 0 radical (unpaired) electrons. The molecule has 1 spiro atoms. The van der Waals surface area contributed by atoms with Crippen LogP contribution in [0.2, 0.25) is 10.0 Å². The normalized spacial score (nSPS) is 28.4. The average molecular weight is 559 g/mol. The molecule has 6 nitrogen and oxygen atoms in total. The number of nitrogens with one attached hydrogen (secondary N) is 2. The second-order valence-corrected chi connectivity index (χ2v) is 12.2. The summed E-state index contributed by atoms with van der Waals surface area (Å²) in [5, 5.41) is 15.0. The molecule has 38 heavy (non-hydrogen) atoms. The van der Waals surface area contributed by atoms with E-state index in [1.54, 1.807) is 11.1 Å². The van der Waals surface area contributed by atoms with Crippen molar-refractivity contribution < 1.29 is 14.7 Å². The molecule has 2 aliphatic heterocycles.